The zero-order valence-electron chi connectivity index (χ0n) is 7.45. The Hall–Kier alpha value is -0.160. The molecule has 1 aliphatic rings. The Balaban J connectivity index is 2.11. The van der Waals surface area contributed by atoms with Crippen LogP contribution in [0.3, 0.4) is 0 Å². The number of likely N-dealkylation sites (N-methyl/N-ethyl adjacent to an activating group) is 1. The maximum absolute atomic E-state index is 9.40. The largest absolute Gasteiger partial charge is 0.388 e. The zero-order valence-corrected chi connectivity index (χ0v) is 7.45. The summed E-state index contributed by atoms with van der Waals surface area (Å²) in [7, 11) is 1.86. The van der Waals surface area contributed by atoms with E-state index in [1.165, 1.54) is 0 Å². The minimum Gasteiger partial charge on any atom is -0.388 e. The van der Waals surface area contributed by atoms with Crippen LogP contribution in [0.5, 0.6) is 0 Å². The number of ether oxygens (including phenoxy) is 2. The van der Waals surface area contributed by atoms with E-state index in [1.54, 1.807) is 0 Å². The van der Waals surface area contributed by atoms with Crippen LogP contribution in [0, 0.1) is 0 Å². The first-order chi connectivity index (χ1) is 5.84. The lowest BCUT2D eigenvalue weighted by atomic mass is 10.1. The lowest BCUT2D eigenvalue weighted by Crippen LogP contribution is -2.37. The summed E-state index contributed by atoms with van der Waals surface area (Å²) in [5.74, 6) is 0. The maximum Gasteiger partial charge on any atom is 0.183 e. The van der Waals surface area contributed by atoms with Gasteiger partial charge in [-0.25, -0.2) is 0 Å². The predicted molar refractivity (Wildman–Crippen MR) is 44.9 cm³/mol. The van der Waals surface area contributed by atoms with Crippen LogP contribution in [0.2, 0.25) is 0 Å². The molecule has 1 rings (SSSR count). The van der Waals surface area contributed by atoms with E-state index in [0.717, 1.165) is 19.4 Å². The van der Waals surface area contributed by atoms with Crippen LogP contribution in [0.25, 0.3) is 0 Å². The first kappa shape index (κ1) is 9.92. The van der Waals surface area contributed by atoms with Crippen LogP contribution in [0.4, 0.5) is 0 Å². The molecular weight excluding hydrogens is 158 g/mol. The molecule has 1 aliphatic heterocycles. The number of aliphatic hydroxyl groups excluding tert-OH is 1. The van der Waals surface area contributed by atoms with Gasteiger partial charge in [-0.05, 0) is 19.9 Å². The van der Waals surface area contributed by atoms with Gasteiger partial charge in [0.05, 0.1) is 6.61 Å². The van der Waals surface area contributed by atoms with Crippen molar-refractivity contribution >= 4 is 0 Å². The molecule has 0 saturated carbocycles. The second kappa shape index (κ2) is 5.48. The molecule has 0 bridgehead atoms. The molecule has 1 saturated heterocycles. The van der Waals surface area contributed by atoms with Crippen molar-refractivity contribution < 1.29 is 14.6 Å². The molecule has 1 heterocycles. The van der Waals surface area contributed by atoms with Gasteiger partial charge in [-0.3, -0.25) is 0 Å². The van der Waals surface area contributed by atoms with Gasteiger partial charge in [0.25, 0.3) is 0 Å². The first-order valence-corrected chi connectivity index (χ1v) is 4.40. The summed E-state index contributed by atoms with van der Waals surface area (Å²) in [4.78, 5) is 0. The van der Waals surface area contributed by atoms with Crippen molar-refractivity contribution in [2.24, 2.45) is 0 Å². The van der Waals surface area contributed by atoms with E-state index in [2.05, 4.69) is 5.32 Å². The van der Waals surface area contributed by atoms with Crippen molar-refractivity contribution in [2.45, 2.75) is 25.2 Å². The lowest BCUT2D eigenvalue weighted by Gasteiger charge is -2.27. The predicted octanol–water partition coefficient (Wildman–Crippen LogP) is -0.280. The van der Waals surface area contributed by atoms with Crippen LogP contribution in [0.15, 0.2) is 0 Å². The fourth-order valence-corrected chi connectivity index (χ4v) is 1.18. The highest BCUT2D eigenvalue weighted by Crippen LogP contribution is 2.14. The van der Waals surface area contributed by atoms with E-state index in [4.69, 9.17) is 9.47 Å². The summed E-state index contributed by atoms with van der Waals surface area (Å²) in [6.07, 6.45) is 0.847. The molecule has 12 heavy (non-hydrogen) atoms. The number of rotatable bonds is 4. The summed E-state index contributed by atoms with van der Waals surface area (Å²) in [5.41, 5.74) is 0. The van der Waals surface area contributed by atoms with Crippen LogP contribution >= 0.6 is 0 Å². The highest BCUT2D eigenvalue weighted by Gasteiger charge is 2.23. The van der Waals surface area contributed by atoms with E-state index >= 15 is 0 Å². The Morgan fingerprint density at radius 3 is 3.17 bits per heavy atom. The quantitative estimate of drug-likeness (QED) is 0.577. The van der Waals surface area contributed by atoms with Gasteiger partial charge in [0.2, 0.25) is 0 Å². The van der Waals surface area contributed by atoms with Crippen LogP contribution in [-0.2, 0) is 9.47 Å². The molecule has 4 nitrogen and oxygen atoms in total. The fraction of sp³-hybridized carbons (Fsp3) is 1.00. The molecule has 2 N–H and O–H groups in total. The van der Waals surface area contributed by atoms with Gasteiger partial charge in [-0.2, -0.15) is 0 Å². The zero-order chi connectivity index (χ0) is 8.81. The van der Waals surface area contributed by atoms with Crippen molar-refractivity contribution in [1.82, 2.24) is 5.32 Å². The minimum atomic E-state index is -0.449. The second-order valence-corrected chi connectivity index (χ2v) is 2.92. The van der Waals surface area contributed by atoms with Gasteiger partial charge < -0.3 is 19.9 Å². The third kappa shape index (κ3) is 3.06. The molecule has 0 aromatic heterocycles. The Bertz CT molecular complexity index is 121. The maximum atomic E-state index is 9.40. The van der Waals surface area contributed by atoms with Gasteiger partial charge in [0.1, 0.15) is 6.10 Å². The van der Waals surface area contributed by atoms with E-state index in [0.29, 0.717) is 13.2 Å². The number of hydrogen-bond acceptors (Lipinski definition) is 4. The van der Waals surface area contributed by atoms with E-state index in [9.17, 15) is 5.11 Å². The molecular formula is C8H17NO3. The van der Waals surface area contributed by atoms with Crippen molar-refractivity contribution in [3.05, 3.63) is 0 Å². The Kier molecular flexibility index (Phi) is 4.53. The Morgan fingerprint density at radius 2 is 2.50 bits per heavy atom. The smallest absolute Gasteiger partial charge is 0.183 e. The van der Waals surface area contributed by atoms with Crippen molar-refractivity contribution in [3.8, 4) is 0 Å². The highest BCUT2D eigenvalue weighted by atomic mass is 16.7. The van der Waals surface area contributed by atoms with E-state index in [1.807, 2.05) is 7.05 Å². The average Bonchev–Trinajstić information content (AvgIpc) is 2.09. The highest BCUT2D eigenvalue weighted by molar-refractivity contribution is 4.65. The minimum absolute atomic E-state index is 0.410. The summed E-state index contributed by atoms with van der Waals surface area (Å²) in [6, 6.07) is 0. The van der Waals surface area contributed by atoms with Gasteiger partial charge in [-0.15, -0.1) is 0 Å². The van der Waals surface area contributed by atoms with Crippen LogP contribution < -0.4 is 5.32 Å². The Labute approximate surface area is 72.9 Å². The number of nitrogens with one attached hydrogen (secondary N) is 1. The molecule has 0 aliphatic carbocycles. The van der Waals surface area contributed by atoms with Crippen molar-refractivity contribution in [2.75, 3.05) is 26.8 Å². The molecule has 0 spiro atoms. The monoisotopic (exact) mass is 175 g/mol. The molecule has 1 fully saturated rings. The molecule has 0 aromatic carbocycles. The lowest BCUT2D eigenvalue weighted by molar-refractivity contribution is -0.213. The van der Waals surface area contributed by atoms with Crippen molar-refractivity contribution in [3.63, 3.8) is 0 Å². The summed E-state index contributed by atoms with van der Waals surface area (Å²) in [5, 5.41) is 12.4. The molecule has 4 heteroatoms. The summed E-state index contributed by atoms with van der Waals surface area (Å²) >= 11 is 0. The molecule has 0 aromatic rings. The average molecular weight is 175 g/mol. The normalized spacial score (nSPS) is 30.5. The fourth-order valence-electron chi connectivity index (χ4n) is 1.18. The standard InChI is InChI=1S/C8H17NO3/c1-9-4-6-12-8-7(10)3-2-5-11-8/h7-10H,2-6H2,1H3/t7-,8-/m0/s1. The number of hydrogen-bond donors (Lipinski definition) is 2. The molecule has 2 atom stereocenters. The van der Waals surface area contributed by atoms with E-state index in [-0.39, 0.29) is 0 Å². The third-order valence-electron chi connectivity index (χ3n) is 1.87. The third-order valence-corrected chi connectivity index (χ3v) is 1.87. The number of aliphatic hydroxyl groups is 1. The SMILES string of the molecule is CNCCO[C@@H]1OCCC[C@@H]1O. The van der Waals surface area contributed by atoms with Crippen molar-refractivity contribution in [1.29, 1.82) is 0 Å². The van der Waals surface area contributed by atoms with Gasteiger partial charge in [0, 0.05) is 13.2 Å². The van der Waals surface area contributed by atoms with Gasteiger partial charge >= 0.3 is 0 Å². The van der Waals surface area contributed by atoms with E-state index < -0.39 is 12.4 Å². The second-order valence-electron chi connectivity index (χ2n) is 2.92. The van der Waals surface area contributed by atoms with Crippen LogP contribution in [0.1, 0.15) is 12.8 Å². The molecule has 0 amide bonds. The molecule has 0 unspecified atom stereocenters. The summed E-state index contributed by atoms with van der Waals surface area (Å²) < 4.78 is 10.5. The topological polar surface area (TPSA) is 50.7 Å². The first-order valence-electron chi connectivity index (χ1n) is 4.40. The van der Waals surface area contributed by atoms with Gasteiger partial charge in [0.15, 0.2) is 6.29 Å². The van der Waals surface area contributed by atoms with Crippen LogP contribution in [-0.4, -0.2) is 44.3 Å². The summed E-state index contributed by atoms with van der Waals surface area (Å²) in [6.45, 7) is 2.06. The Morgan fingerprint density at radius 1 is 1.67 bits per heavy atom. The van der Waals surface area contributed by atoms with Gasteiger partial charge in [-0.1, -0.05) is 0 Å². The molecule has 0 radical (unpaired) electrons. The molecule has 72 valence electrons.